The highest BCUT2D eigenvalue weighted by molar-refractivity contribution is 6.36. The topological polar surface area (TPSA) is 109 Å². The number of piperidine rings is 1. The number of ether oxygens (including phenoxy) is 1. The number of methoxy groups -OCH3 is 1. The average Bonchev–Trinajstić information content (AvgIpc) is 3.59. The molecule has 3 aromatic carbocycles. The summed E-state index contributed by atoms with van der Waals surface area (Å²) in [4.78, 5) is 21.7. The molecule has 260 valence electrons. The minimum absolute atomic E-state index is 0.0536. The van der Waals surface area contributed by atoms with Crippen LogP contribution in [0.15, 0.2) is 72.7 Å². The third-order valence-corrected chi connectivity index (χ3v) is 9.92. The van der Waals surface area contributed by atoms with Crippen LogP contribution in [0.2, 0.25) is 10.0 Å². The molecule has 2 aliphatic rings. The molecule has 0 unspecified atom stereocenters. The van der Waals surface area contributed by atoms with Gasteiger partial charge in [0.15, 0.2) is 0 Å². The fourth-order valence-corrected chi connectivity index (χ4v) is 7.04. The van der Waals surface area contributed by atoms with E-state index in [1.54, 1.807) is 12.1 Å². The van der Waals surface area contributed by atoms with Gasteiger partial charge in [0.2, 0.25) is 0 Å². The highest BCUT2D eigenvalue weighted by atomic mass is 35.5. The number of halogens is 3. The average molecular weight is 718 g/mol. The first-order valence-electron chi connectivity index (χ1n) is 16.3. The van der Waals surface area contributed by atoms with E-state index >= 15 is 0 Å². The second kappa shape index (κ2) is 14.3. The summed E-state index contributed by atoms with van der Waals surface area (Å²) < 4.78 is 19.0. The minimum atomic E-state index is -0.551. The number of benzene rings is 3. The monoisotopic (exact) mass is 716 g/mol. The Morgan fingerprint density at radius 3 is 2.58 bits per heavy atom. The van der Waals surface area contributed by atoms with Gasteiger partial charge in [0, 0.05) is 60.9 Å². The Hall–Kier alpha value is -4.60. The summed E-state index contributed by atoms with van der Waals surface area (Å²) in [6.45, 7) is 8.73. The molecule has 50 heavy (non-hydrogen) atoms. The van der Waals surface area contributed by atoms with E-state index in [0.717, 1.165) is 37.2 Å². The summed E-state index contributed by atoms with van der Waals surface area (Å²) in [7, 11) is 3.30. The molecule has 13 heteroatoms. The number of aromatic nitrogens is 1. The van der Waals surface area contributed by atoms with E-state index < -0.39 is 17.8 Å². The van der Waals surface area contributed by atoms with Crippen molar-refractivity contribution in [1.82, 2.24) is 25.9 Å². The van der Waals surface area contributed by atoms with Gasteiger partial charge in [-0.05, 0) is 81.6 Å². The minimum Gasteiger partial charge on any atom is -0.465 e. The van der Waals surface area contributed by atoms with Gasteiger partial charge in [-0.3, -0.25) is 14.9 Å². The fraction of sp³-hybridized carbons (Fsp3) is 0.324. The van der Waals surface area contributed by atoms with Gasteiger partial charge in [-0.1, -0.05) is 35.3 Å². The summed E-state index contributed by atoms with van der Waals surface area (Å²) in [6.07, 6.45) is 5.54. The van der Waals surface area contributed by atoms with Crippen molar-refractivity contribution in [2.75, 3.05) is 37.5 Å². The van der Waals surface area contributed by atoms with Crippen LogP contribution in [0, 0.1) is 17.1 Å². The van der Waals surface area contributed by atoms with Crippen LogP contribution in [-0.2, 0) is 4.74 Å². The van der Waals surface area contributed by atoms with Crippen LogP contribution < -0.4 is 21.2 Å². The van der Waals surface area contributed by atoms with Crippen LogP contribution in [0.25, 0.3) is 10.9 Å². The highest BCUT2D eigenvalue weighted by Gasteiger charge is 2.33. The van der Waals surface area contributed by atoms with Crippen molar-refractivity contribution in [3.05, 3.63) is 105 Å². The molecule has 1 saturated heterocycles. The zero-order valence-corrected chi connectivity index (χ0v) is 30.0. The van der Waals surface area contributed by atoms with Gasteiger partial charge in [-0.15, -0.1) is 5.53 Å². The number of anilines is 3. The largest absolute Gasteiger partial charge is 0.465 e. The van der Waals surface area contributed by atoms with Crippen molar-refractivity contribution < 1.29 is 13.9 Å². The van der Waals surface area contributed by atoms with E-state index in [9.17, 15) is 14.4 Å². The molecule has 4 aromatic rings. The summed E-state index contributed by atoms with van der Waals surface area (Å²) in [5.74, 6) is -0.989. The molecule has 0 saturated carbocycles. The molecule has 0 aliphatic carbocycles. The van der Waals surface area contributed by atoms with Crippen molar-refractivity contribution in [3.63, 3.8) is 0 Å². The van der Waals surface area contributed by atoms with E-state index in [1.807, 2.05) is 42.3 Å². The number of hydrogen-bond acceptors (Lipinski definition) is 10. The Labute approximate surface area is 301 Å². The van der Waals surface area contributed by atoms with E-state index in [4.69, 9.17) is 27.9 Å². The first-order valence-corrected chi connectivity index (χ1v) is 17.1. The molecule has 1 atom stereocenters. The lowest BCUT2D eigenvalue weighted by Gasteiger charge is -2.42. The van der Waals surface area contributed by atoms with Crippen molar-refractivity contribution in [2.24, 2.45) is 0 Å². The predicted octanol–water partition coefficient (Wildman–Crippen LogP) is 7.69. The van der Waals surface area contributed by atoms with Gasteiger partial charge in [-0.2, -0.15) is 5.26 Å². The zero-order valence-electron chi connectivity index (χ0n) is 28.5. The Morgan fingerprint density at radius 1 is 1.14 bits per heavy atom. The molecule has 3 heterocycles. The lowest BCUT2D eigenvalue weighted by atomic mass is 9.97. The number of nitrogens with one attached hydrogen (secondary N) is 3. The number of pyridine rings is 1. The molecular formula is C37H39Cl2FN8O2. The molecular weight excluding hydrogens is 678 g/mol. The van der Waals surface area contributed by atoms with Crippen molar-refractivity contribution >= 4 is 57.1 Å². The number of rotatable bonds is 8. The Balaban J connectivity index is 1.41. The van der Waals surface area contributed by atoms with E-state index in [0.29, 0.717) is 38.6 Å². The molecule has 0 amide bonds. The summed E-state index contributed by atoms with van der Waals surface area (Å²) in [6, 6.07) is 17.4. The number of hydrogen-bond donors (Lipinski definition) is 3. The van der Waals surface area contributed by atoms with Gasteiger partial charge in [0.1, 0.15) is 11.9 Å². The number of nitrogens with zero attached hydrogens (tertiary/aromatic N) is 5. The molecule has 1 aromatic heterocycles. The lowest BCUT2D eigenvalue weighted by Crippen LogP contribution is -2.52. The van der Waals surface area contributed by atoms with Crippen LogP contribution in [0.5, 0.6) is 0 Å². The molecule has 10 nitrogen and oxygen atoms in total. The maximum Gasteiger partial charge on any atom is 0.337 e. The molecule has 1 fully saturated rings. The third-order valence-electron chi connectivity index (χ3n) is 9.35. The quantitative estimate of drug-likeness (QED) is 0.157. The normalized spacial score (nSPS) is 16.1. The third kappa shape index (κ3) is 7.16. The number of carbonyl (C=O) groups is 1. The second-order valence-electron chi connectivity index (χ2n) is 13.5. The van der Waals surface area contributed by atoms with Gasteiger partial charge in [0.25, 0.3) is 0 Å². The van der Waals surface area contributed by atoms with E-state index in [-0.39, 0.29) is 22.2 Å². The van der Waals surface area contributed by atoms with Gasteiger partial charge >= 0.3 is 5.97 Å². The smallest absolute Gasteiger partial charge is 0.337 e. The first kappa shape index (κ1) is 35.2. The number of likely N-dealkylation sites (N-methyl/N-ethyl adjacent to an activating group) is 1. The van der Waals surface area contributed by atoms with Gasteiger partial charge in [-0.25, -0.2) is 9.18 Å². The SMILES string of the molecule is COC(=O)c1cccc([C@@H](C2=CN(C3CCN(C(C)(C)C)CC3)NN2)N(C)c2cc(Cl)c3ncc(C#N)c(Nc4ccc(F)c(Cl)c4)c3c2)c1. The standard InChI is InChI=1S/C37H39Cl2FN8O2/c1-37(2,3)47-13-11-26(12-14-47)48-21-32(44-45-48)35(22-7-6-8-23(15-22)36(49)50-5)46(4)27-17-28-33(43-25-9-10-31(40)29(38)16-25)24(19-41)20-42-34(28)30(39)18-27/h6-10,15-18,20-21,26,35,44-45H,11-14H2,1-5H3,(H,42,43)/t35-/m0/s1. The predicted molar refractivity (Wildman–Crippen MR) is 196 cm³/mol. The maximum atomic E-state index is 14.0. The molecule has 0 spiro atoms. The highest BCUT2D eigenvalue weighted by Crippen LogP contribution is 2.40. The van der Waals surface area contributed by atoms with Crippen LogP contribution in [-0.4, -0.2) is 59.7 Å². The second-order valence-corrected chi connectivity index (χ2v) is 14.3. The Morgan fingerprint density at radius 2 is 1.90 bits per heavy atom. The van der Waals surface area contributed by atoms with Gasteiger partial charge in [0.05, 0.1) is 51.2 Å². The summed E-state index contributed by atoms with van der Waals surface area (Å²) >= 11 is 13.0. The number of carbonyl (C=O) groups excluding carboxylic acids is 1. The number of nitriles is 1. The van der Waals surface area contributed by atoms with Crippen LogP contribution in [0.4, 0.5) is 21.5 Å². The fourth-order valence-electron chi connectivity index (χ4n) is 6.60. The molecule has 0 radical (unpaired) electrons. The van der Waals surface area contributed by atoms with Gasteiger partial charge < -0.3 is 20.4 Å². The maximum absolute atomic E-state index is 14.0. The van der Waals surface area contributed by atoms with Crippen molar-refractivity contribution in [1.29, 1.82) is 5.26 Å². The number of likely N-dealkylation sites (tertiary alicyclic amines) is 1. The zero-order chi connectivity index (χ0) is 35.7. The Bertz CT molecular complexity index is 2000. The van der Waals surface area contributed by atoms with Crippen molar-refractivity contribution in [2.45, 2.75) is 51.2 Å². The number of esters is 1. The number of fused-ring (bicyclic) bond motifs is 1. The molecule has 0 bridgehead atoms. The lowest BCUT2D eigenvalue weighted by molar-refractivity contribution is 0.0569. The molecule has 6 rings (SSSR count). The van der Waals surface area contributed by atoms with E-state index in [1.165, 1.54) is 25.4 Å². The number of hydrazine groups is 2. The van der Waals surface area contributed by atoms with Crippen molar-refractivity contribution in [3.8, 4) is 6.07 Å². The van der Waals surface area contributed by atoms with Crippen LogP contribution >= 0.6 is 23.2 Å². The Kier molecular flexibility index (Phi) is 10.1. The molecule has 3 N–H and O–H groups in total. The van der Waals surface area contributed by atoms with Crippen LogP contribution in [0.3, 0.4) is 0 Å². The summed E-state index contributed by atoms with van der Waals surface area (Å²) in [5.41, 5.74) is 11.4. The van der Waals surface area contributed by atoms with Crippen LogP contribution in [0.1, 0.15) is 61.1 Å². The molecule has 2 aliphatic heterocycles. The van der Waals surface area contributed by atoms with E-state index in [2.05, 4.69) is 64.2 Å². The summed E-state index contributed by atoms with van der Waals surface area (Å²) in [5, 5.41) is 16.3. The first-order chi connectivity index (χ1) is 23.9.